The molecule has 1 aromatic heterocycles. The molecule has 0 radical (unpaired) electrons. The van der Waals surface area contributed by atoms with E-state index in [9.17, 15) is 0 Å². The second kappa shape index (κ2) is 7.42. The predicted octanol–water partition coefficient (Wildman–Crippen LogP) is 3.09. The standard InChI is InChI=1S/C16H21ClN4S/c17-14-4-2-13(3-5-14)11-20-6-1-7-21(9-8-20)12-15-10-19-16(18)22-15/h2-5,10H,1,6-9,11-12H2,(H2,18,19). The molecular weight excluding hydrogens is 316 g/mol. The van der Waals surface area contributed by atoms with E-state index in [1.54, 1.807) is 11.3 Å². The smallest absolute Gasteiger partial charge is 0.180 e. The maximum absolute atomic E-state index is 5.95. The van der Waals surface area contributed by atoms with Crippen LogP contribution in [0.4, 0.5) is 5.13 Å². The second-order valence-electron chi connectivity index (χ2n) is 5.70. The molecule has 2 aromatic rings. The minimum absolute atomic E-state index is 0.661. The minimum atomic E-state index is 0.661. The molecule has 22 heavy (non-hydrogen) atoms. The quantitative estimate of drug-likeness (QED) is 0.932. The zero-order valence-electron chi connectivity index (χ0n) is 12.5. The highest BCUT2D eigenvalue weighted by molar-refractivity contribution is 7.15. The maximum Gasteiger partial charge on any atom is 0.180 e. The van der Waals surface area contributed by atoms with Crippen molar-refractivity contribution in [2.45, 2.75) is 19.5 Å². The number of thiazole rings is 1. The number of nitrogens with two attached hydrogens (primary N) is 1. The number of anilines is 1. The normalized spacial score (nSPS) is 17.5. The summed E-state index contributed by atoms with van der Waals surface area (Å²) in [4.78, 5) is 10.4. The molecular formula is C16H21ClN4S. The van der Waals surface area contributed by atoms with Gasteiger partial charge in [0.05, 0.1) is 0 Å². The summed E-state index contributed by atoms with van der Waals surface area (Å²) in [5.41, 5.74) is 7.03. The van der Waals surface area contributed by atoms with Crippen LogP contribution < -0.4 is 5.73 Å². The molecule has 2 N–H and O–H groups in total. The Hall–Kier alpha value is -1.14. The van der Waals surface area contributed by atoms with Crippen molar-refractivity contribution < 1.29 is 0 Å². The van der Waals surface area contributed by atoms with Crippen molar-refractivity contribution in [1.29, 1.82) is 0 Å². The first-order chi connectivity index (χ1) is 10.7. The Morgan fingerprint density at radius 1 is 1.05 bits per heavy atom. The van der Waals surface area contributed by atoms with Gasteiger partial charge in [-0.15, -0.1) is 11.3 Å². The van der Waals surface area contributed by atoms with Crippen molar-refractivity contribution in [2.75, 3.05) is 31.9 Å². The Kier molecular flexibility index (Phi) is 5.31. The first-order valence-corrected chi connectivity index (χ1v) is 8.78. The van der Waals surface area contributed by atoms with Crippen LogP contribution in [0.3, 0.4) is 0 Å². The average molecular weight is 337 g/mol. The Bertz CT molecular complexity index is 598. The van der Waals surface area contributed by atoms with Crippen molar-refractivity contribution >= 4 is 28.1 Å². The van der Waals surface area contributed by atoms with E-state index in [0.717, 1.165) is 44.3 Å². The van der Waals surface area contributed by atoms with E-state index in [4.69, 9.17) is 17.3 Å². The first kappa shape index (κ1) is 15.7. The molecule has 1 aromatic carbocycles. The molecule has 1 aliphatic rings. The van der Waals surface area contributed by atoms with Crippen LogP contribution >= 0.6 is 22.9 Å². The Balaban J connectivity index is 1.52. The molecule has 4 nitrogen and oxygen atoms in total. The molecule has 6 heteroatoms. The fourth-order valence-corrected chi connectivity index (χ4v) is 3.66. The van der Waals surface area contributed by atoms with Crippen LogP contribution in [0.2, 0.25) is 5.02 Å². The molecule has 0 saturated carbocycles. The van der Waals surface area contributed by atoms with Gasteiger partial charge < -0.3 is 5.73 Å². The van der Waals surface area contributed by atoms with E-state index >= 15 is 0 Å². The lowest BCUT2D eigenvalue weighted by atomic mass is 10.2. The van der Waals surface area contributed by atoms with Crippen LogP contribution in [0.1, 0.15) is 16.9 Å². The average Bonchev–Trinajstić information content (AvgIpc) is 2.78. The summed E-state index contributed by atoms with van der Waals surface area (Å²) >= 11 is 7.54. The zero-order valence-corrected chi connectivity index (χ0v) is 14.1. The fourth-order valence-electron chi connectivity index (χ4n) is 2.80. The van der Waals surface area contributed by atoms with Gasteiger partial charge >= 0.3 is 0 Å². The summed E-state index contributed by atoms with van der Waals surface area (Å²) in [6.07, 6.45) is 3.10. The molecule has 0 amide bonds. The van der Waals surface area contributed by atoms with Crippen molar-refractivity contribution in [3.8, 4) is 0 Å². The van der Waals surface area contributed by atoms with Gasteiger partial charge in [0.2, 0.25) is 0 Å². The molecule has 0 spiro atoms. The SMILES string of the molecule is Nc1ncc(CN2CCCN(Cc3ccc(Cl)cc3)CC2)s1. The van der Waals surface area contributed by atoms with E-state index in [-0.39, 0.29) is 0 Å². The molecule has 1 fully saturated rings. The zero-order chi connectivity index (χ0) is 15.4. The summed E-state index contributed by atoms with van der Waals surface area (Å²) in [6, 6.07) is 8.17. The Morgan fingerprint density at radius 2 is 1.73 bits per heavy atom. The largest absolute Gasteiger partial charge is 0.375 e. The lowest BCUT2D eigenvalue weighted by Crippen LogP contribution is -2.30. The summed E-state index contributed by atoms with van der Waals surface area (Å²) in [7, 11) is 0. The number of hydrogen-bond acceptors (Lipinski definition) is 5. The van der Waals surface area contributed by atoms with Crippen LogP contribution in [0.5, 0.6) is 0 Å². The van der Waals surface area contributed by atoms with Crippen molar-refractivity contribution in [3.05, 3.63) is 45.9 Å². The van der Waals surface area contributed by atoms with Crippen LogP contribution in [0, 0.1) is 0 Å². The summed E-state index contributed by atoms with van der Waals surface area (Å²) < 4.78 is 0. The topological polar surface area (TPSA) is 45.4 Å². The molecule has 0 atom stereocenters. The molecule has 0 aliphatic carbocycles. The van der Waals surface area contributed by atoms with Gasteiger partial charge in [0.25, 0.3) is 0 Å². The van der Waals surface area contributed by atoms with E-state index < -0.39 is 0 Å². The number of halogens is 1. The van der Waals surface area contributed by atoms with Gasteiger partial charge in [0.15, 0.2) is 5.13 Å². The Labute approximate surface area is 140 Å². The second-order valence-corrected chi connectivity index (χ2v) is 7.28. The number of nitrogens with zero attached hydrogens (tertiary/aromatic N) is 3. The van der Waals surface area contributed by atoms with Gasteiger partial charge in [-0.2, -0.15) is 0 Å². The van der Waals surface area contributed by atoms with Crippen molar-refractivity contribution in [1.82, 2.24) is 14.8 Å². The first-order valence-electron chi connectivity index (χ1n) is 7.58. The van der Waals surface area contributed by atoms with Crippen molar-refractivity contribution in [3.63, 3.8) is 0 Å². The summed E-state index contributed by atoms with van der Waals surface area (Å²) in [6.45, 7) is 6.42. The van der Waals surface area contributed by atoms with E-state index in [1.807, 2.05) is 18.3 Å². The number of benzene rings is 1. The van der Waals surface area contributed by atoms with Crippen molar-refractivity contribution in [2.24, 2.45) is 0 Å². The molecule has 2 heterocycles. The minimum Gasteiger partial charge on any atom is -0.375 e. The third-order valence-corrected chi connectivity index (χ3v) is 5.01. The predicted molar refractivity (Wildman–Crippen MR) is 93.1 cm³/mol. The molecule has 0 unspecified atom stereocenters. The molecule has 1 aliphatic heterocycles. The number of nitrogen functional groups attached to an aromatic ring is 1. The monoisotopic (exact) mass is 336 g/mol. The van der Waals surface area contributed by atoms with Gasteiger partial charge in [-0.25, -0.2) is 4.98 Å². The lowest BCUT2D eigenvalue weighted by molar-refractivity contribution is 0.248. The highest BCUT2D eigenvalue weighted by Crippen LogP contribution is 2.18. The lowest BCUT2D eigenvalue weighted by Gasteiger charge is -2.21. The number of aromatic nitrogens is 1. The van der Waals surface area contributed by atoms with Gasteiger partial charge in [-0.1, -0.05) is 23.7 Å². The van der Waals surface area contributed by atoms with Crippen LogP contribution in [-0.2, 0) is 13.1 Å². The highest BCUT2D eigenvalue weighted by Gasteiger charge is 2.16. The van der Waals surface area contributed by atoms with E-state index in [0.29, 0.717) is 5.13 Å². The summed E-state index contributed by atoms with van der Waals surface area (Å²) in [5.74, 6) is 0. The highest BCUT2D eigenvalue weighted by atomic mass is 35.5. The third-order valence-electron chi connectivity index (χ3n) is 3.95. The van der Waals surface area contributed by atoms with Gasteiger partial charge in [-0.05, 0) is 37.2 Å². The third kappa shape index (κ3) is 4.43. The van der Waals surface area contributed by atoms with E-state index in [2.05, 4.69) is 26.9 Å². The fraction of sp³-hybridized carbons (Fsp3) is 0.438. The van der Waals surface area contributed by atoms with Gasteiger partial charge in [0, 0.05) is 42.3 Å². The molecule has 1 saturated heterocycles. The van der Waals surface area contributed by atoms with Crippen LogP contribution in [0.15, 0.2) is 30.5 Å². The molecule has 3 rings (SSSR count). The number of hydrogen-bond donors (Lipinski definition) is 1. The number of rotatable bonds is 4. The summed E-state index contributed by atoms with van der Waals surface area (Å²) in [5, 5.41) is 1.46. The molecule has 118 valence electrons. The molecule has 0 bridgehead atoms. The van der Waals surface area contributed by atoms with Gasteiger partial charge in [0.1, 0.15) is 0 Å². The van der Waals surface area contributed by atoms with E-state index in [1.165, 1.54) is 16.9 Å². The Morgan fingerprint density at radius 3 is 2.36 bits per heavy atom. The maximum atomic E-state index is 5.95. The van der Waals surface area contributed by atoms with Crippen LogP contribution in [-0.4, -0.2) is 41.0 Å². The van der Waals surface area contributed by atoms with Crippen LogP contribution in [0.25, 0.3) is 0 Å². The van der Waals surface area contributed by atoms with Gasteiger partial charge in [-0.3, -0.25) is 9.80 Å².